The largest absolute Gasteiger partial charge is 0.479 e. The monoisotopic (exact) mass is 335 g/mol. The van der Waals surface area contributed by atoms with Crippen molar-refractivity contribution in [3.63, 3.8) is 0 Å². The van der Waals surface area contributed by atoms with Crippen molar-refractivity contribution in [2.45, 2.75) is 45.6 Å². The van der Waals surface area contributed by atoms with Gasteiger partial charge in [-0.3, -0.25) is 9.59 Å². The lowest BCUT2D eigenvalue weighted by Gasteiger charge is -2.18. The lowest BCUT2D eigenvalue weighted by atomic mass is 9.99. The van der Waals surface area contributed by atoms with Gasteiger partial charge in [-0.25, -0.2) is 4.79 Å². The van der Waals surface area contributed by atoms with Gasteiger partial charge in [0.25, 0.3) is 0 Å². The van der Waals surface area contributed by atoms with E-state index in [1.165, 1.54) is 0 Å². The van der Waals surface area contributed by atoms with E-state index >= 15 is 0 Å². The number of hydrogen-bond donors (Lipinski definition) is 3. The second kappa shape index (κ2) is 8.59. The maximum atomic E-state index is 12.1. The fourth-order valence-electron chi connectivity index (χ4n) is 2.10. The molecule has 1 unspecified atom stereocenters. The second-order valence-corrected chi connectivity index (χ2v) is 6.57. The zero-order chi connectivity index (χ0) is 18.3. The zero-order valence-electron chi connectivity index (χ0n) is 14.3. The number of hydrogen-bond acceptors (Lipinski definition) is 4. The molecular formula is C18H25NO5. The molecule has 0 aliphatic rings. The molecule has 0 fully saturated rings. The van der Waals surface area contributed by atoms with Crippen LogP contribution in [0, 0.1) is 5.92 Å². The number of ketones is 1. The van der Waals surface area contributed by atoms with Crippen LogP contribution >= 0.6 is 0 Å². The van der Waals surface area contributed by atoms with Crippen molar-refractivity contribution in [1.29, 1.82) is 0 Å². The Labute approximate surface area is 141 Å². The van der Waals surface area contributed by atoms with Crippen LogP contribution in [0.5, 0.6) is 0 Å². The summed E-state index contributed by atoms with van der Waals surface area (Å²) in [5.41, 5.74) is -0.311. The molecule has 6 nitrogen and oxygen atoms in total. The SMILES string of the molecule is CC(C)Cc1ccc(C(=O)CCC(=O)NCC(C)(O)C(=O)O)cc1. The Bertz CT molecular complexity index is 590. The van der Waals surface area contributed by atoms with Crippen molar-refractivity contribution < 1.29 is 24.6 Å². The Balaban J connectivity index is 2.45. The average molecular weight is 335 g/mol. The van der Waals surface area contributed by atoms with Crippen LogP contribution in [-0.4, -0.2) is 40.0 Å². The van der Waals surface area contributed by atoms with Crippen molar-refractivity contribution in [2.24, 2.45) is 5.92 Å². The molecule has 0 spiro atoms. The van der Waals surface area contributed by atoms with E-state index < -0.39 is 24.0 Å². The van der Waals surface area contributed by atoms with Crippen LogP contribution in [0.2, 0.25) is 0 Å². The quantitative estimate of drug-likeness (QED) is 0.597. The molecule has 0 bridgehead atoms. The minimum absolute atomic E-state index is 0.0323. The first kappa shape index (κ1) is 19.8. The molecule has 0 radical (unpaired) electrons. The van der Waals surface area contributed by atoms with Crippen molar-refractivity contribution in [3.05, 3.63) is 35.4 Å². The molecule has 0 aromatic heterocycles. The van der Waals surface area contributed by atoms with Crippen LogP contribution in [0.25, 0.3) is 0 Å². The molecule has 1 aromatic rings. The van der Waals surface area contributed by atoms with Gasteiger partial charge in [-0.05, 0) is 24.8 Å². The number of aliphatic carboxylic acids is 1. The number of nitrogens with one attached hydrogen (secondary N) is 1. The summed E-state index contributed by atoms with van der Waals surface area (Å²) in [5.74, 6) is -1.49. The molecule has 3 N–H and O–H groups in total. The molecule has 0 aliphatic carbocycles. The molecule has 132 valence electrons. The van der Waals surface area contributed by atoms with Crippen LogP contribution in [-0.2, 0) is 16.0 Å². The predicted molar refractivity (Wildman–Crippen MR) is 89.8 cm³/mol. The highest BCUT2D eigenvalue weighted by atomic mass is 16.4. The van der Waals surface area contributed by atoms with Crippen LogP contribution in [0.4, 0.5) is 0 Å². The molecule has 0 saturated carbocycles. The number of aliphatic hydroxyl groups is 1. The van der Waals surface area contributed by atoms with Crippen LogP contribution in [0.1, 0.15) is 49.5 Å². The lowest BCUT2D eigenvalue weighted by Crippen LogP contribution is -2.46. The molecule has 0 saturated heterocycles. The number of benzene rings is 1. The third-order valence-electron chi connectivity index (χ3n) is 3.59. The summed E-state index contributed by atoms with van der Waals surface area (Å²) in [5, 5.41) is 20.6. The van der Waals surface area contributed by atoms with Gasteiger partial charge in [0.15, 0.2) is 11.4 Å². The van der Waals surface area contributed by atoms with Gasteiger partial charge in [0.1, 0.15) is 0 Å². The lowest BCUT2D eigenvalue weighted by molar-refractivity contribution is -0.156. The van der Waals surface area contributed by atoms with Gasteiger partial charge >= 0.3 is 5.97 Å². The van der Waals surface area contributed by atoms with E-state index in [1.807, 2.05) is 12.1 Å². The fourth-order valence-corrected chi connectivity index (χ4v) is 2.10. The topological polar surface area (TPSA) is 104 Å². The third-order valence-corrected chi connectivity index (χ3v) is 3.59. The van der Waals surface area contributed by atoms with E-state index in [2.05, 4.69) is 19.2 Å². The molecule has 1 rings (SSSR count). The van der Waals surface area contributed by atoms with E-state index in [1.54, 1.807) is 12.1 Å². The van der Waals surface area contributed by atoms with Gasteiger partial charge in [-0.15, -0.1) is 0 Å². The normalized spacial score (nSPS) is 13.4. The number of amides is 1. The van der Waals surface area contributed by atoms with Crippen LogP contribution in [0.3, 0.4) is 0 Å². The van der Waals surface area contributed by atoms with E-state index in [-0.39, 0.29) is 18.6 Å². The Morgan fingerprint density at radius 2 is 1.71 bits per heavy atom. The average Bonchev–Trinajstić information content (AvgIpc) is 2.50. The number of Topliss-reactive ketones (excluding diaryl/α,β-unsaturated/α-hetero) is 1. The highest BCUT2D eigenvalue weighted by Gasteiger charge is 2.30. The summed E-state index contributed by atoms with van der Waals surface area (Å²) in [4.78, 5) is 34.4. The zero-order valence-corrected chi connectivity index (χ0v) is 14.3. The van der Waals surface area contributed by atoms with Crippen molar-refractivity contribution in [3.8, 4) is 0 Å². The molecule has 0 heterocycles. The molecular weight excluding hydrogens is 310 g/mol. The van der Waals surface area contributed by atoms with Crippen molar-refractivity contribution in [2.75, 3.05) is 6.54 Å². The van der Waals surface area contributed by atoms with Gasteiger partial charge in [0, 0.05) is 18.4 Å². The smallest absolute Gasteiger partial charge is 0.337 e. The van der Waals surface area contributed by atoms with Crippen LogP contribution in [0.15, 0.2) is 24.3 Å². The molecule has 24 heavy (non-hydrogen) atoms. The van der Waals surface area contributed by atoms with E-state index in [4.69, 9.17) is 5.11 Å². The van der Waals surface area contributed by atoms with Gasteiger partial charge in [-0.2, -0.15) is 0 Å². The molecule has 0 aliphatic heterocycles. The summed E-state index contributed by atoms with van der Waals surface area (Å²) < 4.78 is 0. The molecule has 6 heteroatoms. The highest BCUT2D eigenvalue weighted by Crippen LogP contribution is 2.12. The molecule has 1 amide bonds. The number of carboxylic acid groups (broad SMARTS) is 1. The minimum atomic E-state index is -2.02. The predicted octanol–water partition coefficient (Wildman–Crippen LogP) is 1.80. The number of rotatable bonds is 9. The molecule has 1 aromatic carbocycles. The van der Waals surface area contributed by atoms with Crippen molar-refractivity contribution in [1.82, 2.24) is 5.32 Å². The molecule has 1 atom stereocenters. The summed E-state index contributed by atoms with van der Waals surface area (Å²) in [7, 11) is 0. The Morgan fingerprint density at radius 1 is 1.12 bits per heavy atom. The first-order valence-electron chi connectivity index (χ1n) is 7.96. The van der Waals surface area contributed by atoms with Gasteiger partial charge in [-0.1, -0.05) is 38.1 Å². The fraction of sp³-hybridized carbons (Fsp3) is 0.500. The standard InChI is InChI=1S/C18H25NO5/c1-12(2)10-13-4-6-14(7-5-13)15(20)8-9-16(21)19-11-18(3,24)17(22)23/h4-7,12,24H,8-11H2,1-3H3,(H,19,21)(H,22,23). The van der Waals surface area contributed by atoms with Gasteiger partial charge < -0.3 is 15.5 Å². The second-order valence-electron chi connectivity index (χ2n) is 6.57. The van der Waals surface area contributed by atoms with Gasteiger partial charge in [0.2, 0.25) is 5.91 Å². The van der Waals surface area contributed by atoms with E-state index in [0.717, 1.165) is 18.9 Å². The first-order chi connectivity index (χ1) is 11.1. The maximum absolute atomic E-state index is 12.1. The Morgan fingerprint density at radius 3 is 2.21 bits per heavy atom. The highest BCUT2D eigenvalue weighted by molar-refractivity contribution is 5.98. The van der Waals surface area contributed by atoms with E-state index in [9.17, 15) is 19.5 Å². The Kier molecular flexibility index (Phi) is 7.10. The Hall–Kier alpha value is -2.21. The maximum Gasteiger partial charge on any atom is 0.337 e. The van der Waals surface area contributed by atoms with Crippen LogP contribution < -0.4 is 5.32 Å². The first-order valence-corrected chi connectivity index (χ1v) is 7.96. The summed E-state index contributed by atoms with van der Waals surface area (Å²) >= 11 is 0. The van der Waals surface area contributed by atoms with E-state index in [0.29, 0.717) is 11.5 Å². The van der Waals surface area contributed by atoms with Gasteiger partial charge in [0.05, 0.1) is 6.54 Å². The number of carbonyl (C=O) groups is 3. The summed E-state index contributed by atoms with van der Waals surface area (Å²) in [6.45, 7) is 4.94. The summed E-state index contributed by atoms with van der Waals surface area (Å²) in [6.07, 6.45) is 0.924. The summed E-state index contributed by atoms with van der Waals surface area (Å²) in [6, 6.07) is 7.34. The number of carboxylic acids is 1. The van der Waals surface area contributed by atoms with Crippen molar-refractivity contribution >= 4 is 17.7 Å². The minimum Gasteiger partial charge on any atom is -0.479 e. The number of carbonyl (C=O) groups excluding carboxylic acids is 2. The third kappa shape index (κ3) is 6.50.